The van der Waals surface area contributed by atoms with Crippen molar-refractivity contribution in [1.82, 2.24) is 5.32 Å². The van der Waals surface area contributed by atoms with Crippen LogP contribution in [-0.2, 0) is 0 Å². The third kappa shape index (κ3) is 1.58. The van der Waals surface area contributed by atoms with Crippen molar-refractivity contribution in [3.63, 3.8) is 0 Å². The third-order valence-electron chi connectivity index (χ3n) is 2.68. The fraction of sp³-hybridized carbons (Fsp3) is 1.00. The summed E-state index contributed by atoms with van der Waals surface area (Å²) in [5.74, 6) is 0. The molecular formula is C8H14F3N. The maximum atomic E-state index is 12.6. The van der Waals surface area contributed by atoms with E-state index in [2.05, 4.69) is 5.32 Å². The Hall–Kier alpha value is -0.250. The minimum Gasteiger partial charge on any atom is -0.319 e. The molecule has 0 atom stereocenters. The van der Waals surface area contributed by atoms with Gasteiger partial charge in [-0.05, 0) is 19.9 Å². The molecule has 0 amide bonds. The van der Waals surface area contributed by atoms with Crippen LogP contribution in [0, 0.1) is 5.41 Å². The van der Waals surface area contributed by atoms with E-state index in [9.17, 15) is 13.2 Å². The summed E-state index contributed by atoms with van der Waals surface area (Å²) in [6, 6.07) is 0. The second kappa shape index (κ2) is 3.24. The predicted octanol–water partition coefficient (Wildman–Crippen LogP) is 2.33. The molecule has 0 aliphatic heterocycles. The quantitative estimate of drug-likeness (QED) is 0.689. The summed E-state index contributed by atoms with van der Waals surface area (Å²) >= 11 is 0. The molecule has 0 aromatic heterocycles. The van der Waals surface area contributed by atoms with Crippen molar-refractivity contribution in [2.45, 2.75) is 31.9 Å². The van der Waals surface area contributed by atoms with Gasteiger partial charge in [0.15, 0.2) is 0 Å². The van der Waals surface area contributed by atoms with Crippen molar-refractivity contribution in [2.75, 3.05) is 13.6 Å². The summed E-state index contributed by atoms with van der Waals surface area (Å²) in [5, 5.41) is 2.64. The summed E-state index contributed by atoms with van der Waals surface area (Å²) < 4.78 is 37.7. The molecule has 1 fully saturated rings. The Morgan fingerprint density at radius 3 is 2.08 bits per heavy atom. The summed E-state index contributed by atoms with van der Waals surface area (Å²) in [4.78, 5) is 0. The molecule has 4 heteroatoms. The largest absolute Gasteiger partial charge is 0.395 e. The van der Waals surface area contributed by atoms with E-state index in [4.69, 9.17) is 0 Å². The highest BCUT2D eigenvalue weighted by atomic mass is 19.4. The molecule has 0 saturated heterocycles. The van der Waals surface area contributed by atoms with Crippen LogP contribution in [0.3, 0.4) is 0 Å². The molecule has 1 nitrogen and oxygen atoms in total. The standard InChI is InChI=1S/C8H14F3N/c1-12-6-7(8(9,10)11)4-2-3-5-7/h12H,2-6H2,1H3. The normalized spacial score (nSPS) is 23.0. The first-order valence-electron chi connectivity index (χ1n) is 4.23. The average molecular weight is 181 g/mol. The lowest BCUT2D eigenvalue weighted by Gasteiger charge is -2.31. The zero-order chi connectivity index (χ0) is 9.24. The van der Waals surface area contributed by atoms with Crippen LogP contribution in [0.15, 0.2) is 0 Å². The van der Waals surface area contributed by atoms with Crippen molar-refractivity contribution in [2.24, 2.45) is 5.41 Å². The fourth-order valence-corrected chi connectivity index (χ4v) is 1.95. The molecule has 0 aromatic rings. The summed E-state index contributed by atoms with van der Waals surface area (Å²) in [6.07, 6.45) is -2.04. The summed E-state index contributed by atoms with van der Waals surface area (Å²) in [5.41, 5.74) is -1.43. The molecule has 12 heavy (non-hydrogen) atoms. The van der Waals surface area contributed by atoms with Crippen LogP contribution in [0.2, 0.25) is 0 Å². The van der Waals surface area contributed by atoms with E-state index in [1.807, 2.05) is 0 Å². The lowest BCUT2D eigenvalue weighted by molar-refractivity contribution is -0.220. The van der Waals surface area contributed by atoms with Crippen molar-refractivity contribution >= 4 is 0 Å². The van der Waals surface area contributed by atoms with Crippen LogP contribution in [0.25, 0.3) is 0 Å². The highest BCUT2D eigenvalue weighted by Gasteiger charge is 2.54. The molecule has 1 saturated carbocycles. The van der Waals surface area contributed by atoms with Gasteiger partial charge in [-0.1, -0.05) is 12.8 Å². The highest BCUT2D eigenvalue weighted by molar-refractivity contribution is 4.92. The second-order valence-electron chi connectivity index (χ2n) is 3.52. The lowest BCUT2D eigenvalue weighted by atomic mass is 9.85. The Labute approximate surface area is 70.3 Å². The zero-order valence-electron chi connectivity index (χ0n) is 7.17. The van der Waals surface area contributed by atoms with E-state index in [-0.39, 0.29) is 19.4 Å². The molecule has 0 unspecified atom stereocenters. The van der Waals surface area contributed by atoms with Gasteiger partial charge in [0.1, 0.15) is 0 Å². The minimum absolute atomic E-state index is 0.0660. The second-order valence-corrected chi connectivity index (χ2v) is 3.52. The number of hydrogen-bond acceptors (Lipinski definition) is 1. The Bertz CT molecular complexity index is 147. The Morgan fingerprint density at radius 1 is 1.25 bits per heavy atom. The van der Waals surface area contributed by atoms with Crippen molar-refractivity contribution in [1.29, 1.82) is 0 Å². The first kappa shape index (κ1) is 9.84. The zero-order valence-corrected chi connectivity index (χ0v) is 7.17. The van der Waals surface area contributed by atoms with Crippen LogP contribution in [0.5, 0.6) is 0 Å². The highest BCUT2D eigenvalue weighted by Crippen LogP contribution is 2.49. The summed E-state index contributed by atoms with van der Waals surface area (Å²) in [6.45, 7) is 0.0660. The van der Waals surface area contributed by atoms with Gasteiger partial charge in [-0.2, -0.15) is 13.2 Å². The maximum Gasteiger partial charge on any atom is 0.395 e. The smallest absolute Gasteiger partial charge is 0.319 e. The SMILES string of the molecule is CNCC1(C(F)(F)F)CCCC1. The van der Waals surface area contributed by atoms with E-state index in [1.54, 1.807) is 7.05 Å². The van der Waals surface area contributed by atoms with Crippen LogP contribution >= 0.6 is 0 Å². The number of halogens is 3. The molecule has 72 valence electrons. The lowest BCUT2D eigenvalue weighted by Crippen LogP contribution is -2.43. The number of nitrogens with one attached hydrogen (secondary N) is 1. The van der Waals surface area contributed by atoms with E-state index >= 15 is 0 Å². The predicted molar refractivity (Wildman–Crippen MR) is 40.9 cm³/mol. The molecule has 1 rings (SSSR count). The molecule has 1 aliphatic rings. The Morgan fingerprint density at radius 2 is 1.75 bits per heavy atom. The van der Waals surface area contributed by atoms with Crippen LogP contribution in [0.4, 0.5) is 13.2 Å². The number of alkyl halides is 3. The van der Waals surface area contributed by atoms with E-state index in [0.29, 0.717) is 12.8 Å². The maximum absolute atomic E-state index is 12.6. The van der Waals surface area contributed by atoms with Crippen LogP contribution < -0.4 is 5.32 Å². The molecule has 0 spiro atoms. The van der Waals surface area contributed by atoms with Crippen molar-refractivity contribution in [3.05, 3.63) is 0 Å². The molecule has 1 N–H and O–H groups in total. The van der Waals surface area contributed by atoms with Gasteiger partial charge in [0.25, 0.3) is 0 Å². The van der Waals surface area contributed by atoms with E-state index < -0.39 is 11.6 Å². The third-order valence-corrected chi connectivity index (χ3v) is 2.68. The Balaban J connectivity index is 2.72. The minimum atomic E-state index is -4.04. The Kier molecular flexibility index (Phi) is 2.66. The van der Waals surface area contributed by atoms with Gasteiger partial charge < -0.3 is 5.32 Å². The van der Waals surface area contributed by atoms with Gasteiger partial charge in [-0.15, -0.1) is 0 Å². The first-order valence-corrected chi connectivity index (χ1v) is 4.23. The first-order chi connectivity index (χ1) is 5.52. The van der Waals surface area contributed by atoms with Crippen molar-refractivity contribution in [3.8, 4) is 0 Å². The number of rotatable bonds is 2. The van der Waals surface area contributed by atoms with Gasteiger partial charge in [0.05, 0.1) is 5.41 Å². The van der Waals surface area contributed by atoms with Gasteiger partial charge in [-0.25, -0.2) is 0 Å². The summed E-state index contributed by atoms with van der Waals surface area (Å²) in [7, 11) is 1.58. The average Bonchev–Trinajstić information content (AvgIpc) is 2.36. The van der Waals surface area contributed by atoms with Gasteiger partial charge in [0.2, 0.25) is 0 Å². The monoisotopic (exact) mass is 181 g/mol. The molecule has 1 aliphatic carbocycles. The molecule has 0 bridgehead atoms. The van der Waals surface area contributed by atoms with Gasteiger partial charge >= 0.3 is 6.18 Å². The fourth-order valence-electron chi connectivity index (χ4n) is 1.95. The van der Waals surface area contributed by atoms with Gasteiger partial charge in [-0.3, -0.25) is 0 Å². The molecule has 0 aromatic carbocycles. The van der Waals surface area contributed by atoms with Crippen LogP contribution in [-0.4, -0.2) is 19.8 Å². The van der Waals surface area contributed by atoms with E-state index in [1.165, 1.54) is 0 Å². The number of hydrogen-bond donors (Lipinski definition) is 1. The topological polar surface area (TPSA) is 12.0 Å². The van der Waals surface area contributed by atoms with Gasteiger partial charge in [0, 0.05) is 6.54 Å². The van der Waals surface area contributed by atoms with Crippen molar-refractivity contribution < 1.29 is 13.2 Å². The van der Waals surface area contributed by atoms with Crippen LogP contribution in [0.1, 0.15) is 25.7 Å². The molecular weight excluding hydrogens is 167 g/mol. The van der Waals surface area contributed by atoms with E-state index in [0.717, 1.165) is 0 Å². The molecule has 0 radical (unpaired) electrons. The molecule has 0 heterocycles.